The number of ether oxygens (including phenoxy) is 4. The van der Waals surface area contributed by atoms with Crippen molar-refractivity contribution in [2.24, 2.45) is 40.9 Å². The van der Waals surface area contributed by atoms with Crippen molar-refractivity contribution >= 4 is 195 Å². The van der Waals surface area contributed by atoms with Crippen molar-refractivity contribution in [3.8, 4) is 23.0 Å². The summed E-state index contributed by atoms with van der Waals surface area (Å²) in [4.78, 5) is 43.2. The van der Waals surface area contributed by atoms with Crippen molar-refractivity contribution < 1.29 is 38.2 Å². The third-order valence-electron chi connectivity index (χ3n) is 24.3. The molecule has 0 aliphatic carbocycles. The summed E-state index contributed by atoms with van der Waals surface area (Å²) >= 11 is 13.1. The van der Waals surface area contributed by atoms with Gasteiger partial charge in [-0.2, -0.15) is 20.5 Å². The summed E-state index contributed by atoms with van der Waals surface area (Å²) in [6, 6.07) is 119. The molecular weight excluding hydrogens is 1830 g/mol. The second kappa shape index (κ2) is 46.6. The zero-order valence-electron chi connectivity index (χ0n) is 81.1. The van der Waals surface area contributed by atoms with Crippen LogP contribution in [-0.2, 0) is 22.9 Å². The number of fused-ring (bicyclic) bond motifs is 4. The van der Waals surface area contributed by atoms with Crippen molar-refractivity contribution in [2.45, 2.75) is 27.1 Å². The highest BCUT2D eigenvalue weighted by molar-refractivity contribution is 6.34. The highest BCUT2D eigenvalue weighted by Gasteiger charge is 2.28. The molecule has 2 amide bonds. The largest absolute Gasteiger partial charge is 0.494 e. The van der Waals surface area contributed by atoms with Crippen molar-refractivity contribution in [3.63, 3.8) is 0 Å². The van der Waals surface area contributed by atoms with E-state index in [1.165, 1.54) is 12.0 Å². The number of hydrogen-bond acceptors (Lipinski definition) is 18. The summed E-state index contributed by atoms with van der Waals surface area (Å²) in [5.74, 6) is 1.42. The molecule has 18 aromatic carbocycles. The molecule has 144 heavy (non-hydrogen) atoms. The zero-order valence-corrected chi connectivity index (χ0v) is 82.6. The van der Waals surface area contributed by atoms with Gasteiger partial charge in [0.1, 0.15) is 36.0 Å². The third kappa shape index (κ3) is 23.8. The number of benzene rings is 18. The van der Waals surface area contributed by atoms with Crippen LogP contribution < -0.4 is 38.9 Å². The SMILES string of the molecule is COc1c(CON(C)c2ccc(C)cc2Cl)cc2ccccc2c1N=Nc1ccc(C=Cc2ccc(C=Cc3ccc(N=Nc4c(OC)c(C(=O)N(C)c5ccc(C)cc5Cl)cc5ccccc45)cc3)cc2)cc1.COc1c(CON(C)c2ccccc2)cc2ccccc2c1N=Nc1ccc(C=Cc2ccc(C=Cc3ccc(N=Nc4c(OC)c(C(=O)N(C)c5ccccc5)cc5ccccc45)cc3)cc2)cc1. The molecule has 0 bridgehead atoms. The number of anilines is 4. The van der Waals surface area contributed by atoms with Crippen molar-refractivity contribution in [1.82, 2.24) is 0 Å². The van der Waals surface area contributed by atoms with Crippen molar-refractivity contribution in [2.75, 3.05) is 76.6 Å². The van der Waals surface area contributed by atoms with E-state index in [1.807, 2.05) is 325 Å². The number of para-hydroxylation sites is 2. The van der Waals surface area contributed by atoms with Crippen LogP contribution in [-0.4, -0.2) is 68.4 Å². The molecular formula is C122H102Cl2N12O8. The number of rotatable bonds is 32. The van der Waals surface area contributed by atoms with E-state index in [4.69, 9.17) is 62.1 Å². The minimum absolute atomic E-state index is 0.208. The molecule has 0 saturated carbocycles. The number of carbonyl (C=O) groups is 2. The first-order valence-corrected chi connectivity index (χ1v) is 47.3. The lowest BCUT2D eigenvalue weighted by Crippen LogP contribution is -2.27. The van der Waals surface area contributed by atoms with Gasteiger partial charge in [-0.25, -0.2) is 0 Å². The Morgan fingerprint density at radius 1 is 0.271 bits per heavy atom. The molecule has 20 nitrogen and oxygen atoms in total. The Bertz CT molecular complexity index is 7940. The molecule has 0 N–H and O–H groups in total. The first kappa shape index (κ1) is 98.2. The molecule has 0 aliphatic heterocycles. The van der Waals surface area contributed by atoms with Crippen LogP contribution in [0.4, 0.5) is 68.2 Å². The molecule has 18 aromatic rings. The van der Waals surface area contributed by atoms with Gasteiger partial charge in [0.25, 0.3) is 11.8 Å². The summed E-state index contributed by atoms with van der Waals surface area (Å²) < 4.78 is 23.6. The van der Waals surface area contributed by atoms with Crippen LogP contribution in [0.15, 0.2) is 405 Å². The average molecular weight is 1940 g/mol. The first-order chi connectivity index (χ1) is 70.3. The maximum atomic E-state index is 14.0. The molecule has 0 radical (unpaired) electrons. The Morgan fingerprint density at radius 2 is 0.535 bits per heavy atom. The number of carbonyl (C=O) groups excluding carboxylic acids is 2. The number of methoxy groups -OCH3 is 4. The Kier molecular flexibility index (Phi) is 31.8. The minimum Gasteiger partial charge on any atom is -0.494 e. The Balaban J connectivity index is 0.000000198. The van der Waals surface area contributed by atoms with Gasteiger partial charge < -0.3 is 28.7 Å². The van der Waals surface area contributed by atoms with Gasteiger partial charge in [-0.05, 0) is 212 Å². The summed E-state index contributed by atoms with van der Waals surface area (Å²) in [6.45, 7) is 4.47. The average Bonchev–Trinajstić information content (AvgIpc) is 0.757. The lowest BCUT2D eigenvalue weighted by molar-refractivity contribution is 0.0982. The molecule has 18 rings (SSSR count). The number of amides is 2. The summed E-state index contributed by atoms with van der Waals surface area (Å²) in [5.41, 5.74) is 20.9. The van der Waals surface area contributed by atoms with Crippen LogP contribution in [0.3, 0.4) is 0 Å². The van der Waals surface area contributed by atoms with Crippen LogP contribution in [0.25, 0.3) is 91.7 Å². The van der Waals surface area contributed by atoms with Crippen LogP contribution in [0.2, 0.25) is 10.0 Å². The van der Waals surface area contributed by atoms with Gasteiger partial charge in [0.05, 0.1) is 89.4 Å². The van der Waals surface area contributed by atoms with Crippen LogP contribution in [0.1, 0.15) is 87.5 Å². The number of nitrogens with zero attached hydrogens (tertiary/aromatic N) is 12. The number of azo groups is 4. The first-order valence-electron chi connectivity index (χ1n) is 46.6. The van der Waals surface area contributed by atoms with E-state index in [-0.39, 0.29) is 18.4 Å². The number of hydroxylamine groups is 2. The second-order valence-electron chi connectivity index (χ2n) is 34.0. The number of aryl methyl sites for hydroxylation is 2. The normalized spacial score (nSPS) is 11.7. The van der Waals surface area contributed by atoms with E-state index in [9.17, 15) is 9.59 Å². The van der Waals surface area contributed by atoms with Gasteiger partial charge in [-0.15, -0.1) is 20.5 Å². The van der Waals surface area contributed by atoms with Crippen LogP contribution in [0.5, 0.6) is 23.0 Å². The van der Waals surface area contributed by atoms with Crippen LogP contribution in [0, 0.1) is 13.8 Å². The monoisotopic (exact) mass is 1930 g/mol. The highest BCUT2D eigenvalue weighted by atomic mass is 35.5. The van der Waals surface area contributed by atoms with Crippen molar-refractivity contribution in [3.05, 3.63) is 452 Å². The predicted molar refractivity (Wildman–Crippen MR) is 590 cm³/mol. The van der Waals surface area contributed by atoms with E-state index < -0.39 is 0 Å². The third-order valence-corrected chi connectivity index (χ3v) is 24.9. The summed E-state index contributed by atoms with van der Waals surface area (Å²) in [7, 11) is 13.5. The minimum atomic E-state index is -0.285. The van der Waals surface area contributed by atoms with Crippen molar-refractivity contribution in [1.29, 1.82) is 0 Å². The molecule has 0 heterocycles. The molecule has 0 atom stereocenters. The van der Waals surface area contributed by atoms with E-state index in [0.29, 0.717) is 96.3 Å². The van der Waals surface area contributed by atoms with Crippen LogP contribution >= 0.6 is 23.2 Å². The maximum absolute atomic E-state index is 14.0. The standard InChI is InChI=1S/C62H52Cl2N6O4.C60H50N6O4/c1-40-15-33-56(54(63)35-40)69(3)62(71)53-38-47-12-8-10-14-52(47)59(61(53)73-6)68-66-50-31-27-45(28-32-50)24-22-43-19-17-42(18-20-43)21-23-44-25-29-49(30-26-44)65-67-58-51-13-9-7-11-46(51)37-48(60(58)72-5)39-74-70(4)57-34-16-41(2)36-55(57)64;1-65(51-17-7-5-8-18-51)60(67)55-40-47-16-12-14-22-54(47)57(59(55)69-4)64-62-50-37-33-45(34-38-50)30-28-43-25-23-42(24-26-43)27-29-44-31-35-49(36-32-44)61-63-56-53-21-13-11-15-46(53)39-48(58(56)68-3)41-70-66(2)52-19-9-6-10-20-52/h7-38H,39H2,1-6H3;5-40H,41H2,1-4H3. The Morgan fingerprint density at radius 3 is 0.847 bits per heavy atom. The van der Waals surface area contributed by atoms with Gasteiger partial charge >= 0.3 is 0 Å². The molecule has 712 valence electrons. The lowest BCUT2D eigenvalue weighted by Gasteiger charge is -2.21. The van der Waals surface area contributed by atoms with Gasteiger partial charge in [0.15, 0.2) is 23.0 Å². The molecule has 0 aromatic heterocycles. The quantitative estimate of drug-likeness (QED) is 0.0222. The molecule has 22 heteroatoms. The summed E-state index contributed by atoms with van der Waals surface area (Å²) in [5, 5.41) is 48.9. The zero-order chi connectivity index (χ0) is 100.0. The molecule has 0 saturated heterocycles. The summed E-state index contributed by atoms with van der Waals surface area (Å²) in [6.07, 6.45) is 16.6. The van der Waals surface area contributed by atoms with Gasteiger partial charge in [-0.3, -0.25) is 29.4 Å². The molecule has 0 aliphatic rings. The van der Waals surface area contributed by atoms with Gasteiger partial charge in [0, 0.05) is 66.5 Å². The maximum Gasteiger partial charge on any atom is 0.261 e. The Labute approximate surface area is 847 Å². The molecule has 0 unspecified atom stereocenters. The molecule has 0 fully saturated rings. The topological polar surface area (TPSA) is 201 Å². The number of hydrogen-bond donors (Lipinski definition) is 0. The fourth-order valence-corrected chi connectivity index (χ4v) is 17.2. The Hall–Kier alpha value is -17.4. The second-order valence-corrected chi connectivity index (χ2v) is 34.8. The van der Waals surface area contributed by atoms with Gasteiger partial charge in [-0.1, -0.05) is 314 Å². The predicted octanol–water partition coefficient (Wildman–Crippen LogP) is 34.0. The van der Waals surface area contributed by atoms with Gasteiger partial charge in [0.2, 0.25) is 0 Å². The smallest absolute Gasteiger partial charge is 0.261 e. The van der Waals surface area contributed by atoms with E-state index in [1.54, 1.807) is 50.5 Å². The highest BCUT2D eigenvalue weighted by Crippen LogP contribution is 2.47. The lowest BCUT2D eigenvalue weighted by atomic mass is 10.0. The van der Waals surface area contributed by atoms with E-state index >= 15 is 0 Å². The van der Waals surface area contributed by atoms with E-state index in [2.05, 4.69) is 146 Å². The van der Waals surface area contributed by atoms with E-state index in [0.717, 1.165) is 133 Å². The molecule has 0 spiro atoms. The fraction of sp³-hybridized carbons (Fsp3) is 0.0984. The number of halogens is 2. The fourth-order valence-electron chi connectivity index (χ4n) is 16.5.